The molecule has 0 aliphatic carbocycles. The number of nitrogens with one attached hydrogen (secondary N) is 1. The van der Waals surface area contributed by atoms with Crippen molar-refractivity contribution in [1.82, 2.24) is 5.16 Å². The maximum absolute atomic E-state index is 11.0. The van der Waals surface area contributed by atoms with Crippen molar-refractivity contribution in [1.29, 1.82) is 0 Å². The van der Waals surface area contributed by atoms with Crippen LogP contribution in [0.3, 0.4) is 0 Å². The van der Waals surface area contributed by atoms with Crippen LogP contribution in [0.15, 0.2) is 34.9 Å². The third-order valence-corrected chi connectivity index (χ3v) is 2.61. The zero-order valence-corrected chi connectivity index (χ0v) is 9.86. The maximum Gasteiger partial charge on any atom is 0.229 e. The fraction of sp³-hybridized carbons (Fsp3) is 0.100. The molecule has 7 heteroatoms. The predicted octanol–water partition coefficient (Wildman–Crippen LogP) is 1.30. The maximum atomic E-state index is 11.0. The quantitative estimate of drug-likeness (QED) is 0.859. The number of aromatic nitrogens is 1. The largest absolute Gasteiger partial charge is 0.381 e. The zero-order valence-electron chi connectivity index (χ0n) is 9.04. The Hall–Kier alpha value is -2.02. The number of benzene rings is 1. The standard InChI is InChI=1S/C10H11N3O3S/c1-17(14,15)13-8-4-2-7(3-5-8)9-6-10(11)12-16-9/h2-6,13H,1H3,(H2,11,12). The summed E-state index contributed by atoms with van der Waals surface area (Å²) < 4.78 is 29.3. The molecular formula is C10H11N3O3S. The molecule has 2 aromatic rings. The normalized spacial score (nSPS) is 11.4. The highest BCUT2D eigenvalue weighted by atomic mass is 32.2. The first-order chi connectivity index (χ1) is 7.94. The molecule has 0 unspecified atom stereocenters. The first-order valence-electron chi connectivity index (χ1n) is 4.74. The predicted molar refractivity (Wildman–Crippen MR) is 64.8 cm³/mol. The van der Waals surface area contributed by atoms with Crippen molar-refractivity contribution in [3.8, 4) is 11.3 Å². The first-order valence-corrected chi connectivity index (χ1v) is 6.63. The Bertz CT molecular complexity index is 617. The van der Waals surface area contributed by atoms with Gasteiger partial charge in [0.05, 0.1) is 6.26 Å². The topological polar surface area (TPSA) is 98.2 Å². The fourth-order valence-corrected chi connectivity index (χ4v) is 1.91. The van der Waals surface area contributed by atoms with Crippen molar-refractivity contribution in [2.24, 2.45) is 0 Å². The van der Waals surface area contributed by atoms with Crippen LogP contribution in [0.4, 0.5) is 11.5 Å². The van der Waals surface area contributed by atoms with Gasteiger partial charge in [-0.2, -0.15) is 0 Å². The lowest BCUT2D eigenvalue weighted by molar-refractivity contribution is 0.436. The summed E-state index contributed by atoms with van der Waals surface area (Å²) in [5, 5.41) is 3.57. The average molecular weight is 253 g/mol. The van der Waals surface area contributed by atoms with Gasteiger partial charge in [-0.05, 0) is 24.3 Å². The van der Waals surface area contributed by atoms with Crippen LogP contribution in [0.2, 0.25) is 0 Å². The molecule has 0 amide bonds. The van der Waals surface area contributed by atoms with E-state index in [0.717, 1.165) is 11.8 Å². The van der Waals surface area contributed by atoms with Gasteiger partial charge >= 0.3 is 0 Å². The van der Waals surface area contributed by atoms with Gasteiger partial charge in [-0.25, -0.2) is 8.42 Å². The van der Waals surface area contributed by atoms with E-state index in [-0.39, 0.29) is 0 Å². The Balaban J connectivity index is 2.24. The van der Waals surface area contributed by atoms with Gasteiger partial charge < -0.3 is 10.3 Å². The van der Waals surface area contributed by atoms with E-state index in [2.05, 4.69) is 9.88 Å². The molecule has 6 nitrogen and oxygen atoms in total. The number of sulfonamides is 1. The van der Waals surface area contributed by atoms with Crippen LogP contribution in [0.5, 0.6) is 0 Å². The molecule has 2 rings (SSSR count). The van der Waals surface area contributed by atoms with Crippen molar-refractivity contribution < 1.29 is 12.9 Å². The van der Waals surface area contributed by atoms with E-state index in [4.69, 9.17) is 10.3 Å². The van der Waals surface area contributed by atoms with Crippen molar-refractivity contribution >= 4 is 21.5 Å². The molecule has 0 aliphatic rings. The SMILES string of the molecule is CS(=O)(=O)Nc1ccc(-c2cc(N)no2)cc1. The summed E-state index contributed by atoms with van der Waals surface area (Å²) in [5.74, 6) is 0.840. The molecule has 0 radical (unpaired) electrons. The van der Waals surface area contributed by atoms with Crippen LogP contribution in [-0.4, -0.2) is 19.8 Å². The van der Waals surface area contributed by atoms with Crippen LogP contribution in [0, 0.1) is 0 Å². The lowest BCUT2D eigenvalue weighted by Gasteiger charge is -2.03. The summed E-state index contributed by atoms with van der Waals surface area (Å²) in [6.45, 7) is 0. The zero-order chi connectivity index (χ0) is 12.5. The number of nitrogens with two attached hydrogens (primary N) is 1. The van der Waals surface area contributed by atoms with E-state index in [1.807, 2.05) is 0 Å². The van der Waals surface area contributed by atoms with Crippen LogP contribution >= 0.6 is 0 Å². The summed E-state index contributed by atoms with van der Waals surface area (Å²) in [6, 6.07) is 8.30. The van der Waals surface area contributed by atoms with E-state index in [1.165, 1.54) is 0 Å². The summed E-state index contributed by atoms with van der Waals surface area (Å²) in [6.07, 6.45) is 1.10. The lowest BCUT2D eigenvalue weighted by Crippen LogP contribution is -2.09. The monoisotopic (exact) mass is 253 g/mol. The van der Waals surface area contributed by atoms with Gasteiger partial charge in [-0.15, -0.1) is 0 Å². The summed E-state index contributed by atoms with van der Waals surface area (Å²) in [5.41, 5.74) is 6.69. The van der Waals surface area contributed by atoms with E-state index < -0.39 is 10.0 Å². The Labute approximate surface area is 98.5 Å². The Morgan fingerprint density at radius 2 is 1.94 bits per heavy atom. The van der Waals surface area contributed by atoms with Gasteiger partial charge in [-0.1, -0.05) is 5.16 Å². The van der Waals surface area contributed by atoms with Crippen LogP contribution in [0.1, 0.15) is 0 Å². The van der Waals surface area contributed by atoms with Crippen LogP contribution in [0.25, 0.3) is 11.3 Å². The second kappa shape index (κ2) is 4.10. The lowest BCUT2D eigenvalue weighted by atomic mass is 10.1. The number of anilines is 2. The Kier molecular flexibility index (Phi) is 2.76. The summed E-state index contributed by atoms with van der Waals surface area (Å²) in [4.78, 5) is 0. The number of nitrogens with zero attached hydrogens (tertiary/aromatic N) is 1. The van der Waals surface area contributed by atoms with E-state index in [1.54, 1.807) is 30.3 Å². The van der Waals surface area contributed by atoms with Crippen molar-refractivity contribution in [3.05, 3.63) is 30.3 Å². The molecule has 1 heterocycles. The Morgan fingerprint density at radius 3 is 2.41 bits per heavy atom. The van der Waals surface area contributed by atoms with Crippen molar-refractivity contribution in [2.75, 3.05) is 16.7 Å². The molecule has 90 valence electrons. The summed E-state index contributed by atoms with van der Waals surface area (Å²) in [7, 11) is -3.26. The smallest absolute Gasteiger partial charge is 0.229 e. The van der Waals surface area contributed by atoms with Gasteiger partial charge in [0.25, 0.3) is 0 Å². The van der Waals surface area contributed by atoms with Gasteiger partial charge in [0.1, 0.15) is 0 Å². The molecule has 0 aliphatic heterocycles. The molecule has 0 spiro atoms. The third kappa shape index (κ3) is 2.97. The molecule has 0 bridgehead atoms. The van der Waals surface area contributed by atoms with Gasteiger partial charge in [0, 0.05) is 17.3 Å². The van der Waals surface area contributed by atoms with Crippen LogP contribution in [-0.2, 0) is 10.0 Å². The van der Waals surface area contributed by atoms with E-state index in [9.17, 15) is 8.42 Å². The van der Waals surface area contributed by atoms with Crippen LogP contribution < -0.4 is 10.5 Å². The minimum absolute atomic E-state index is 0.304. The molecule has 0 atom stereocenters. The Morgan fingerprint density at radius 1 is 1.29 bits per heavy atom. The van der Waals surface area contributed by atoms with E-state index >= 15 is 0 Å². The highest BCUT2D eigenvalue weighted by Gasteiger charge is 2.06. The minimum atomic E-state index is -3.26. The molecular weight excluding hydrogens is 242 g/mol. The number of hydrogen-bond acceptors (Lipinski definition) is 5. The minimum Gasteiger partial charge on any atom is -0.381 e. The molecule has 0 saturated carbocycles. The number of rotatable bonds is 3. The second-order valence-electron chi connectivity index (χ2n) is 3.57. The van der Waals surface area contributed by atoms with Gasteiger partial charge in [0.15, 0.2) is 11.6 Å². The molecule has 3 N–H and O–H groups in total. The van der Waals surface area contributed by atoms with E-state index in [0.29, 0.717) is 17.3 Å². The van der Waals surface area contributed by atoms with Crippen molar-refractivity contribution in [2.45, 2.75) is 0 Å². The molecule has 0 saturated heterocycles. The molecule has 1 aromatic carbocycles. The summed E-state index contributed by atoms with van der Waals surface area (Å²) >= 11 is 0. The highest BCUT2D eigenvalue weighted by Crippen LogP contribution is 2.23. The first kappa shape index (κ1) is 11.5. The highest BCUT2D eigenvalue weighted by molar-refractivity contribution is 7.92. The van der Waals surface area contributed by atoms with Gasteiger partial charge in [-0.3, -0.25) is 4.72 Å². The second-order valence-corrected chi connectivity index (χ2v) is 5.32. The number of nitrogen functional groups attached to an aromatic ring is 1. The molecule has 0 fully saturated rings. The number of hydrogen-bond donors (Lipinski definition) is 2. The van der Waals surface area contributed by atoms with Gasteiger partial charge in [0.2, 0.25) is 10.0 Å². The van der Waals surface area contributed by atoms with Crippen molar-refractivity contribution in [3.63, 3.8) is 0 Å². The molecule has 1 aromatic heterocycles. The molecule has 17 heavy (non-hydrogen) atoms. The third-order valence-electron chi connectivity index (χ3n) is 2.00. The average Bonchev–Trinajstić information content (AvgIpc) is 2.63. The fourth-order valence-electron chi connectivity index (χ4n) is 1.34.